The Labute approximate surface area is 131 Å². The van der Waals surface area contributed by atoms with Gasteiger partial charge in [-0.2, -0.15) is 0 Å². The number of hydrogen-bond acceptors (Lipinski definition) is 2. The van der Waals surface area contributed by atoms with Crippen LogP contribution in [0.5, 0.6) is 0 Å². The number of unbranched alkanes of at least 4 members (excludes halogenated alkanes) is 2. The van der Waals surface area contributed by atoms with Crippen LogP contribution in [0.4, 0.5) is 0 Å². The molecule has 0 aliphatic carbocycles. The Bertz CT molecular complexity index is 734. The van der Waals surface area contributed by atoms with E-state index >= 15 is 0 Å². The number of imidazole rings is 1. The van der Waals surface area contributed by atoms with Gasteiger partial charge in [-0.05, 0) is 24.1 Å². The van der Waals surface area contributed by atoms with Crippen molar-refractivity contribution in [3.63, 3.8) is 0 Å². The quantitative estimate of drug-likeness (QED) is 0.688. The van der Waals surface area contributed by atoms with Gasteiger partial charge < -0.3 is 9.67 Å². The molecule has 3 aromatic rings. The predicted octanol–water partition coefficient (Wildman–Crippen LogP) is 4.31. The summed E-state index contributed by atoms with van der Waals surface area (Å²) in [5.41, 5.74) is 2.93. The molecule has 22 heavy (non-hydrogen) atoms. The second-order valence-corrected chi connectivity index (χ2v) is 5.63. The van der Waals surface area contributed by atoms with Gasteiger partial charge in [-0.3, -0.25) is 0 Å². The van der Waals surface area contributed by atoms with Crippen LogP contribution in [0.25, 0.3) is 11.0 Å². The second kappa shape index (κ2) is 6.75. The SMILES string of the molecule is CCCCCn1c([C@@H](O)c2ccccc2)nc2ccccc21. The average Bonchev–Trinajstić information content (AvgIpc) is 2.94. The van der Waals surface area contributed by atoms with Gasteiger partial charge in [0.15, 0.2) is 0 Å². The van der Waals surface area contributed by atoms with Crippen LogP contribution in [0.3, 0.4) is 0 Å². The highest BCUT2D eigenvalue weighted by Gasteiger charge is 2.19. The standard InChI is InChI=1S/C19H22N2O/c1-2-3-9-14-21-17-13-8-7-12-16(17)20-19(21)18(22)15-10-5-4-6-11-15/h4-8,10-13,18,22H,2-3,9,14H2,1H3/t18-/m0/s1. The van der Waals surface area contributed by atoms with Gasteiger partial charge in [0, 0.05) is 6.54 Å². The van der Waals surface area contributed by atoms with E-state index in [-0.39, 0.29) is 0 Å². The summed E-state index contributed by atoms with van der Waals surface area (Å²) < 4.78 is 2.17. The largest absolute Gasteiger partial charge is 0.380 e. The molecule has 0 unspecified atom stereocenters. The Morgan fingerprint density at radius 2 is 1.73 bits per heavy atom. The normalized spacial score (nSPS) is 12.6. The van der Waals surface area contributed by atoms with Gasteiger partial charge in [0.2, 0.25) is 0 Å². The lowest BCUT2D eigenvalue weighted by atomic mass is 10.1. The van der Waals surface area contributed by atoms with Crippen molar-refractivity contribution >= 4 is 11.0 Å². The minimum atomic E-state index is -0.685. The number of aromatic nitrogens is 2. The second-order valence-electron chi connectivity index (χ2n) is 5.63. The first-order chi connectivity index (χ1) is 10.8. The van der Waals surface area contributed by atoms with Crippen molar-refractivity contribution in [1.29, 1.82) is 0 Å². The van der Waals surface area contributed by atoms with Crippen molar-refractivity contribution in [3.8, 4) is 0 Å². The minimum absolute atomic E-state index is 0.685. The highest BCUT2D eigenvalue weighted by Crippen LogP contribution is 2.26. The zero-order chi connectivity index (χ0) is 15.4. The van der Waals surface area contributed by atoms with Gasteiger partial charge in [0.05, 0.1) is 11.0 Å². The Balaban J connectivity index is 2.02. The molecular weight excluding hydrogens is 272 g/mol. The molecule has 2 aromatic carbocycles. The van der Waals surface area contributed by atoms with Gasteiger partial charge in [0.1, 0.15) is 11.9 Å². The number of benzene rings is 2. The van der Waals surface area contributed by atoms with Crippen LogP contribution in [0, 0.1) is 0 Å². The number of aliphatic hydroxyl groups is 1. The van der Waals surface area contributed by atoms with Gasteiger partial charge in [-0.25, -0.2) is 4.98 Å². The van der Waals surface area contributed by atoms with Gasteiger partial charge in [-0.15, -0.1) is 0 Å². The lowest BCUT2D eigenvalue weighted by molar-refractivity contribution is 0.205. The number of aryl methyl sites for hydroxylation is 1. The summed E-state index contributed by atoms with van der Waals surface area (Å²) in [7, 11) is 0. The van der Waals surface area contributed by atoms with Crippen LogP contribution in [0.15, 0.2) is 54.6 Å². The smallest absolute Gasteiger partial charge is 0.143 e. The van der Waals surface area contributed by atoms with E-state index in [1.54, 1.807) is 0 Å². The van der Waals surface area contributed by atoms with Gasteiger partial charge in [-0.1, -0.05) is 62.2 Å². The zero-order valence-electron chi connectivity index (χ0n) is 12.9. The molecule has 0 aliphatic heterocycles. The van der Waals surface area contributed by atoms with Crippen molar-refractivity contribution < 1.29 is 5.11 Å². The van der Waals surface area contributed by atoms with Crippen LogP contribution in [-0.4, -0.2) is 14.7 Å². The minimum Gasteiger partial charge on any atom is -0.380 e. The fourth-order valence-electron chi connectivity index (χ4n) is 2.84. The molecule has 0 aliphatic rings. The fourth-order valence-corrected chi connectivity index (χ4v) is 2.84. The maximum atomic E-state index is 10.7. The van der Waals surface area contributed by atoms with Crippen molar-refractivity contribution in [3.05, 3.63) is 66.0 Å². The van der Waals surface area contributed by atoms with E-state index in [0.717, 1.165) is 35.4 Å². The molecule has 114 valence electrons. The summed E-state index contributed by atoms with van der Waals surface area (Å²) in [6.07, 6.45) is 2.79. The Morgan fingerprint density at radius 1 is 1.00 bits per heavy atom. The number of rotatable bonds is 6. The molecule has 0 spiro atoms. The number of aliphatic hydroxyl groups excluding tert-OH is 1. The Hall–Kier alpha value is -2.13. The Morgan fingerprint density at radius 3 is 2.50 bits per heavy atom. The first kappa shape index (κ1) is 14.8. The predicted molar refractivity (Wildman–Crippen MR) is 89.8 cm³/mol. The molecule has 1 atom stereocenters. The zero-order valence-corrected chi connectivity index (χ0v) is 12.9. The van der Waals surface area contributed by atoms with Gasteiger partial charge in [0.25, 0.3) is 0 Å². The first-order valence-corrected chi connectivity index (χ1v) is 7.99. The maximum absolute atomic E-state index is 10.7. The number of hydrogen-bond donors (Lipinski definition) is 1. The van der Waals surface area contributed by atoms with Gasteiger partial charge >= 0.3 is 0 Å². The van der Waals surface area contributed by atoms with Crippen LogP contribution < -0.4 is 0 Å². The molecule has 0 saturated heterocycles. The molecule has 0 fully saturated rings. The first-order valence-electron chi connectivity index (χ1n) is 7.99. The van der Waals surface area contributed by atoms with Crippen LogP contribution in [0.2, 0.25) is 0 Å². The molecule has 1 heterocycles. The molecule has 3 heteroatoms. The summed E-state index contributed by atoms with van der Waals surface area (Å²) in [4.78, 5) is 4.68. The van der Waals surface area contributed by atoms with Crippen LogP contribution >= 0.6 is 0 Å². The molecule has 3 rings (SSSR count). The van der Waals surface area contributed by atoms with E-state index in [2.05, 4.69) is 22.5 Å². The van der Waals surface area contributed by atoms with E-state index in [9.17, 15) is 5.11 Å². The van der Waals surface area contributed by atoms with Crippen molar-refractivity contribution in [1.82, 2.24) is 9.55 Å². The van der Waals surface area contributed by atoms with Crippen LogP contribution in [0.1, 0.15) is 43.7 Å². The summed E-state index contributed by atoms with van der Waals surface area (Å²) in [6.45, 7) is 3.10. The van der Waals surface area contributed by atoms with Crippen LogP contribution in [-0.2, 0) is 6.54 Å². The molecule has 1 N–H and O–H groups in total. The highest BCUT2D eigenvalue weighted by molar-refractivity contribution is 5.76. The van der Waals surface area contributed by atoms with E-state index in [4.69, 9.17) is 0 Å². The number of para-hydroxylation sites is 2. The van der Waals surface area contributed by atoms with E-state index in [1.807, 2.05) is 48.5 Å². The van der Waals surface area contributed by atoms with Crippen molar-refractivity contribution in [2.24, 2.45) is 0 Å². The monoisotopic (exact) mass is 294 g/mol. The molecule has 0 saturated carbocycles. The number of fused-ring (bicyclic) bond motifs is 1. The topological polar surface area (TPSA) is 38.0 Å². The maximum Gasteiger partial charge on any atom is 0.143 e. The lowest BCUT2D eigenvalue weighted by Crippen LogP contribution is -2.10. The van der Waals surface area contributed by atoms with E-state index in [0.29, 0.717) is 0 Å². The third-order valence-electron chi connectivity index (χ3n) is 4.03. The molecular formula is C19H22N2O. The Kier molecular flexibility index (Phi) is 4.54. The molecule has 1 aromatic heterocycles. The third kappa shape index (κ3) is 2.90. The summed E-state index contributed by atoms with van der Waals surface area (Å²) in [6, 6.07) is 17.8. The summed E-state index contributed by atoms with van der Waals surface area (Å²) in [5, 5.41) is 10.7. The average molecular weight is 294 g/mol. The number of nitrogens with zero attached hydrogens (tertiary/aromatic N) is 2. The highest BCUT2D eigenvalue weighted by atomic mass is 16.3. The van der Waals surface area contributed by atoms with Crippen molar-refractivity contribution in [2.45, 2.75) is 38.8 Å². The summed E-state index contributed by atoms with van der Waals surface area (Å²) >= 11 is 0. The van der Waals surface area contributed by atoms with E-state index in [1.165, 1.54) is 12.8 Å². The lowest BCUT2D eigenvalue weighted by Gasteiger charge is -2.14. The molecule has 0 amide bonds. The van der Waals surface area contributed by atoms with Crippen molar-refractivity contribution in [2.75, 3.05) is 0 Å². The summed E-state index contributed by atoms with van der Waals surface area (Å²) in [5.74, 6) is 0.739. The molecule has 3 nitrogen and oxygen atoms in total. The molecule has 0 radical (unpaired) electrons. The van der Waals surface area contributed by atoms with E-state index < -0.39 is 6.10 Å². The fraction of sp³-hybridized carbons (Fsp3) is 0.316. The third-order valence-corrected chi connectivity index (χ3v) is 4.03. The molecule has 0 bridgehead atoms.